The Morgan fingerprint density at radius 1 is 1.14 bits per heavy atom. The molecule has 2 N–H and O–H groups in total. The van der Waals surface area contributed by atoms with Crippen LogP contribution in [-0.4, -0.2) is 31.7 Å². The Hall–Kier alpha value is -2.87. The third kappa shape index (κ3) is 7.57. The van der Waals surface area contributed by atoms with E-state index < -0.39 is 11.8 Å². The highest BCUT2D eigenvalue weighted by atomic mass is 79.9. The Morgan fingerprint density at radius 3 is 2.66 bits per heavy atom. The number of carbonyl (C=O) groups excluding carboxylic acids is 2. The largest absolute Gasteiger partial charge is 0.495 e. The van der Waals surface area contributed by atoms with Gasteiger partial charge in [0.2, 0.25) is 11.8 Å². The lowest BCUT2D eigenvalue weighted by molar-refractivity contribution is -0.126. The van der Waals surface area contributed by atoms with Gasteiger partial charge in [-0.05, 0) is 58.2 Å². The van der Waals surface area contributed by atoms with Crippen molar-refractivity contribution in [2.24, 2.45) is 5.10 Å². The first-order valence-electron chi connectivity index (χ1n) is 9.20. The third-order valence-electron chi connectivity index (χ3n) is 3.82. The van der Waals surface area contributed by atoms with Crippen LogP contribution in [0.5, 0.6) is 11.5 Å². The van der Waals surface area contributed by atoms with Gasteiger partial charge in [-0.2, -0.15) is 5.10 Å². The molecule has 154 valence electrons. The van der Waals surface area contributed by atoms with E-state index in [1.165, 1.54) is 13.3 Å². The van der Waals surface area contributed by atoms with Gasteiger partial charge in [-0.1, -0.05) is 25.5 Å². The number of ether oxygens (including phenoxy) is 2. The van der Waals surface area contributed by atoms with Crippen LogP contribution in [0, 0.1) is 0 Å². The highest BCUT2D eigenvalue weighted by Gasteiger charge is 2.11. The van der Waals surface area contributed by atoms with Crippen molar-refractivity contribution >= 4 is 39.6 Å². The van der Waals surface area contributed by atoms with E-state index in [0.29, 0.717) is 18.0 Å². The summed E-state index contributed by atoms with van der Waals surface area (Å²) in [5, 5.41) is 6.53. The number of hydrazone groups is 1. The van der Waals surface area contributed by atoms with Gasteiger partial charge in [0, 0.05) is 0 Å². The van der Waals surface area contributed by atoms with Crippen molar-refractivity contribution in [1.29, 1.82) is 0 Å². The molecule has 8 heteroatoms. The molecule has 0 aliphatic rings. The Kier molecular flexibility index (Phi) is 9.17. The molecule has 0 radical (unpaired) electrons. The number of rotatable bonds is 10. The molecule has 0 aliphatic heterocycles. The number of halogens is 1. The molecule has 2 aromatic carbocycles. The van der Waals surface area contributed by atoms with Gasteiger partial charge < -0.3 is 14.8 Å². The van der Waals surface area contributed by atoms with Gasteiger partial charge in [-0.15, -0.1) is 0 Å². The minimum atomic E-state index is -0.521. The van der Waals surface area contributed by atoms with E-state index >= 15 is 0 Å². The molecule has 2 amide bonds. The maximum Gasteiger partial charge on any atom is 0.249 e. The Labute approximate surface area is 178 Å². The fraction of sp³-hybridized carbons (Fsp3) is 0.286. The number of para-hydroxylation sites is 2. The zero-order valence-corrected chi connectivity index (χ0v) is 18.0. The van der Waals surface area contributed by atoms with Crippen LogP contribution >= 0.6 is 15.9 Å². The Bertz CT molecular complexity index is 871. The van der Waals surface area contributed by atoms with Crippen LogP contribution in [-0.2, 0) is 9.59 Å². The molecule has 7 nitrogen and oxygen atoms in total. The van der Waals surface area contributed by atoms with Crippen LogP contribution in [0.3, 0.4) is 0 Å². The van der Waals surface area contributed by atoms with Gasteiger partial charge in [0.05, 0.1) is 30.1 Å². The number of amides is 2. The number of unbranched alkanes of at least 4 members (excludes halogenated alkanes) is 1. The predicted molar refractivity (Wildman–Crippen MR) is 117 cm³/mol. The number of hydrogen-bond donors (Lipinski definition) is 2. The van der Waals surface area contributed by atoms with Crippen molar-refractivity contribution < 1.29 is 19.1 Å². The summed E-state index contributed by atoms with van der Waals surface area (Å²) in [4.78, 5) is 23.9. The maximum atomic E-state index is 12.0. The number of nitrogens with one attached hydrogen (secondary N) is 2. The lowest BCUT2D eigenvalue weighted by Gasteiger charge is -2.09. The fourth-order valence-corrected chi connectivity index (χ4v) is 2.86. The number of methoxy groups -OCH3 is 1. The molecule has 0 spiro atoms. The molecule has 0 fully saturated rings. The molecule has 0 saturated heterocycles. The Morgan fingerprint density at radius 2 is 1.93 bits per heavy atom. The first kappa shape index (κ1) is 22.4. The van der Waals surface area contributed by atoms with Crippen LogP contribution < -0.4 is 20.2 Å². The standard InChI is InChI=1S/C21H24BrN3O4/c1-3-4-11-29-18-10-9-15(12-16(18)22)14-23-25-21(27)13-20(26)24-17-7-5-6-8-19(17)28-2/h5-10,12,14H,3-4,11,13H2,1-2H3,(H,24,26)(H,25,27). The molecule has 0 heterocycles. The summed E-state index contributed by atoms with van der Waals surface area (Å²) in [6, 6.07) is 12.5. The normalized spacial score (nSPS) is 10.6. The maximum absolute atomic E-state index is 12.0. The molecule has 2 rings (SSSR count). The third-order valence-corrected chi connectivity index (χ3v) is 4.44. The second kappa shape index (κ2) is 11.9. The van der Waals surface area contributed by atoms with E-state index in [9.17, 15) is 9.59 Å². The number of carbonyl (C=O) groups is 2. The van der Waals surface area contributed by atoms with Crippen LogP contribution in [0.4, 0.5) is 5.69 Å². The van der Waals surface area contributed by atoms with Gasteiger partial charge in [0.1, 0.15) is 17.9 Å². The molecule has 0 unspecified atom stereocenters. The average Bonchev–Trinajstić information content (AvgIpc) is 2.70. The molecule has 0 atom stereocenters. The lowest BCUT2D eigenvalue weighted by atomic mass is 10.2. The molecular weight excluding hydrogens is 438 g/mol. The second-order valence-corrected chi connectivity index (χ2v) is 6.96. The van der Waals surface area contributed by atoms with Gasteiger partial charge in [-0.25, -0.2) is 5.43 Å². The molecule has 0 saturated carbocycles. The zero-order valence-electron chi connectivity index (χ0n) is 16.4. The van der Waals surface area contributed by atoms with Gasteiger partial charge in [-0.3, -0.25) is 9.59 Å². The smallest absolute Gasteiger partial charge is 0.249 e. The minimum absolute atomic E-state index is 0.358. The SMILES string of the molecule is CCCCOc1ccc(C=NNC(=O)CC(=O)Nc2ccccc2OC)cc1Br. The number of hydrogen-bond acceptors (Lipinski definition) is 5. The monoisotopic (exact) mass is 461 g/mol. The highest BCUT2D eigenvalue weighted by Crippen LogP contribution is 2.26. The average molecular weight is 462 g/mol. The second-order valence-electron chi connectivity index (χ2n) is 6.11. The summed E-state index contributed by atoms with van der Waals surface area (Å²) < 4.78 is 11.6. The van der Waals surface area contributed by atoms with Crippen LogP contribution in [0.1, 0.15) is 31.7 Å². The predicted octanol–water partition coefficient (Wildman–Crippen LogP) is 4.12. The summed E-state index contributed by atoms with van der Waals surface area (Å²) in [5.41, 5.74) is 3.62. The van der Waals surface area contributed by atoms with Crippen molar-refractivity contribution in [1.82, 2.24) is 5.43 Å². The molecule has 0 bridgehead atoms. The topological polar surface area (TPSA) is 89.0 Å². The van der Waals surface area contributed by atoms with E-state index in [4.69, 9.17) is 9.47 Å². The van der Waals surface area contributed by atoms with Crippen molar-refractivity contribution in [2.75, 3.05) is 19.0 Å². The number of anilines is 1. The van der Waals surface area contributed by atoms with Gasteiger partial charge in [0.25, 0.3) is 0 Å². The highest BCUT2D eigenvalue weighted by molar-refractivity contribution is 9.10. The van der Waals surface area contributed by atoms with Crippen LogP contribution in [0.2, 0.25) is 0 Å². The summed E-state index contributed by atoms with van der Waals surface area (Å²) in [6.45, 7) is 2.77. The lowest BCUT2D eigenvalue weighted by Crippen LogP contribution is -2.24. The number of nitrogens with zero attached hydrogens (tertiary/aromatic N) is 1. The van der Waals surface area contributed by atoms with Crippen LogP contribution in [0.15, 0.2) is 52.0 Å². The summed E-state index contributed by atoms with van der Waals surface area (Å²) in [7, 11) is 1.51. The van der Waals surface area contributed by atoms with Gasteiger partial charge in [0.15, 0.2) is 0 Å². The van der Waals surface area contributed by atoms with Crippen molar-refractivity contribution in [3.63, 3.8) is 0 Å². The van der Waals surface area contributed by atoms with E-state index in [1.807, 2.05) is 18.2 Å². The van der Waals surface area contributed by atoms with E-state index in [-0.39, 0.29) is 6.42 Å². The number of benzene rings is 2. The van der Waals surface area contributed by atoms with E-state index in [2.05, 4.69) is 38.7 Å². The molecule has 0 aromatic heterocycles. The Balaban J connectivity index is 1.83. The molecular formula is C21H24BrN3O4. The van der Waals surface area contributed by atoms with E-state index in [0.717, 1.165) is 28.6 Å². The molecule has 0 aliphatic carbocycles. The molecule has 29 heavy (non-hydrogen) atoms. The minimum Gasteiger partial charge on any atom is -0.495 e. The summed E-state index contributed by atoms with van der Waals surface area (Å²) in [5.74, 6) is 0.297. The zero-order chi connectivity index (χ0) is 21.1. The molecule has 2 aromatic rings. The first-order chi connectivity index (χ1) is 14.0. The van der Waals surface area contributed by atoms with Crippen molar-refractivity contribution in [3.05, 3.63) is 52.5 Å². The van der Waals surface area contributed by atoms with Crippen molar-refractivity contribution in [2.45, 2.75) is 26.2 Å². The van der Waals surface area contributed by atoms with Crippen LogP contribution in [0.25, 0.3) is 0 Å². The summed E-state index contributed by atoms with van der Waals surface area (Å²) >= 11 is 3.46. The van der Waals surface area contributed by atoms with Gasteiger partial charge >= 0.3 is 0 Å². The van der Waals surface area contributed by atoms with Crippen molar-refractivity contribution in [3.8, 4) is 11.5 Å². The summed E-state index contributed by atoms with van der Waals surface area (Å²) in [6.07, 6.45) is 3.20. The fourth-order valence-electron chi connectivity index (χ4n) is 2.35. The quantitative estimate of drug-likeness (QED) is 0.241. The van der Waals surface area contributed by atoms with E-state index in [1.54, 1.807) is 24.3 Å². The first-order valence-corrected chi connectivity index (χ1v) is 10.00.